The Morgan fingerprint density at radius 2 is 1.96 bits per heavy atom. The first-order valence-electron chi connectivity index (χ1n) is 7.02. The molecule has 0 aliphatic carbocycles. The van der Waals surface area contributed by atoms with Crippen molar-refractivity contribution in [2.45, 2.75) is 6.92 Å². The number of rotatable bonds is 4. The van der Waals surface area contributed by atoms with Gasteiger partial charge in [-0.2, -0.15) is 0 Å². The maximum absolute atomic E-state index is 12.2. The predicted octanol–water partition coefficient (Wildman–Crippen LogP) is 3.31. The van der Waals surface area contributed by atoms with Crippen molar-refractivity contribution in [1.29, 1.82) is 0 Å². The molecule has 2 aromatic carbocycles. The lowest BCUT2D eigenvalue weighted by Crippen LogP contribution is -2.13. The van der Waals surface area contributed by atoms with Crippen molar-refractivity contribution >= 4 is 11.6 Å². The van der Waals surface area contributed by atoms with Crippen LogP contribution < -0.4 is 10.1 Å². The number of aromatic nitrogens is 2. The molecule has 23 heavy (non-hydrogen) atoms. The zero-order valence-corrected chi connectivity index (χ0v) is 12.7. The van der Waals surface area contributed by atoms with Gasteiger partial charge in [0.15, 0.2) is 0 Å². The number of ether oxygens (including phenoxy) is 1. The lowest BCUT2D eigenvalue weighted by atomic mass is 10.2. The van der Waals surface area contributed by atoms with Gasteiger partial charge in [0.1, 0.15) is 5.75 Å². The molecule has 0 fully saturated rings. The summed E-state index contributed by atoms with van der Waals surface area (Å²) in [6.45, 7) is 1.91. The zero-order valence-electron chi connectivity index (χ0n) is 12.7. The van der Waals surface area contributed by atoms with Crippen LogP contribution >= 0.6 is 0 Å². The third-order valence-electron chi connectivity index (χ3n) is 3.33. The van der Waals surface area contributed by atoms with E-state index in [-0.39, 0.29) is 11.8 Å². The molecule has 3 rings (SSSR count). The first kappa shape index (κ1) is 14.8. The molecule has 1 amide bonds. The minimum absolute atomic E-state index is 0.0916. The maximum atomic E-state index is 12.2. The molecule has 116 valence electrons. The van der Waals surface area contributed by atoms with Gasteiger partial charge < -0.3 is 14.5 Å². The lowest BCUT2D eigenvalue weighted by molar-refractivity contribution is 0.0990. The molecule has 0 saturated heterocycles. The summed E-state index contributed by atoms with van der Waals surface area (Å²) in [4.78, 5) is 12.2. The number of nitrogens with zero attached hydrogens (tertiary/aromatic N) is 2. The van der Waals surface area contributed by atoms with Crippen LogP contribution in [0.5, 0.6) is 5.75 Å². The Balaban J connectivity index is 1.81. The second-order valence-electron chi connectivity index (χ2n) is 4.91. The summed E-state index contributed by atoms with van der Waals surface area (Å²) in [5, 5.41) is 10.5. The Morgan fingerprint density at radius 1 is 1.13 bits per heavy atom. The normalized spacial score (nSPS) is 10.3. The van der Waals surface area contributed by atoms with Crippen LogP contribution in [0.15, 0.2) is 52.9 Å². The number of nitrogens with one attached hydrogen (secondary N) is 1. The fraction of sp³-hybridized carbons (Fsp3) is 0.118. The topological polar surface area (TPSA) is 77.2 Å². The fourth-order valence-corrected chi connectivity index (χ4v) is 2.08. The zero-order chi connectivity index (χ0) is 16.2. The number of para-hydroxylation sites is 1. The summed E-state index contributed by atoms with van der Waals surface area (Å²) >= 11 is 0. The third-order valence-corrected chi connectivity index (χ3v) is 3.33. The summed E-state index contributed by atoms with van der Waals surface area (Å²) in [6, 6.07) is 14.7. The highest BCUT2D eigenvalue weighted by atomic mass is 16.5. The third kappa shape index (κ3) is 3.21. The van der Waals surface area contributed by atoms with E-state index in [0.717, 1.165) is 5.56 Å². The molecule has 0 bridgehead atoms. The lowest BCUT2D eigenvalue weighted by Gasteiger charge is -2.05. The molecule has 0 aliphatic rings. The second kappa shape index (κ2) is 6.31. The van der Waals surface area contributed by atoms with E-state index in [4.69, 9.17) is 9.15 Å². The minimum atomic E-state index is -0.444. The average Bonchev–Trinajstić information content (AvgIpc) is 3.07. The monoisotopic (exact) mass is 309 g/mol. The Hall–Kier alpha value is -3.15. The van der Waals surface area contributed by atoms with Gasteiger partial charge in [-0.3, -0.25) is 4.79 Å². The van der Waals surface area contributed by atoms with E-state index in [0.29, 0.717) is 17.0 Å². The first-order chi connectivity index (χ1) is 11.2. The van der Waals surface area contributed by atoms with E-state index in [1.54, 1.807) is 19.2 Å². The molecule has 0 radical (unpaired) electrons. The van der Waals surface area contributed by atoms with Gasteiger partial charge in [0.05, 0.1) is 7.11 Å². The molecule has 0 atom stereocenters. The summed E-state index contributed by atoms with van der Waals surface area (Å²) < 4.78 is 10.6. The Labute approximate surface area is 133 Å². The van der Waals surface area contributed by atoms with Crippen molar-refractivity contribution in [2.24, 2.45) is 0 Å². The van der Waals surface area contributed by atoms with Crippen molar-refractivity contribution in [1.82, 2.24) is 10.2 Å². The van der Waals surface area contributed by atoms with Gasteiger partial charge in [0.2, 0.25) is 5.89 Å². The summed E-state index contributed by atoms with van der Waals surface area (Å²) in [7, 11) is 1.58. The molecule has 0 saturated carbocycles. The number of hydrogen-bond acceptors (Lipinski definition) is 5. The van der Waals surface area contributed by atoms with Gasteiger partial charge >= 0.3 is 11.8 Å². The quantitative estimate of drug-likeness (QED) is 0.800. The van der Waals surface area contributed by atoms with E-state index in [1.807, 2.05) is 43.3 Å². The van der Waals surface area contributed by atoms with Crippen LogP contribution in [0.4, 0.5) is 5.69 Å². The smallest absolute Gasteiger partial charge is 0.313 e. The number of methoxy groups -OCH3 is 1. The molecule has 0 aliphatic heterocycles. The predicted molar refractivity (Wildman–Crippen MR) is 85.4 cm³/mol. The summed E-state index contributed by atoms with van der Waals surface area (Å²) in [5.41, 5.74) is 2.35. The van der Waals surface area contributed by atoms with E-state index >= 15 is 0 Å². The van der Waals surface area contributed by atoms with Gasteiger partial charge in [-0.05, 0) is 36.8 Å². The highest BCUT2D eigenvalue weighted by molar-refractivity contribution is 6.01. The molecule has 0 spiro atoms. The van der Waals surface area contributed by atoms with E-state index in [2.05, 4.69) is 15.5 Å². The molecule has 1 aromatic heterocycles. The van der Waals surface area contributed by atoms with Crippen LogP contribution in [0.3, 0.4) is 0 Å². The van der Waals surface area contributed by atoms with Gasteiger partial charge in [-0.15, -0.1) is 10.2 Å². The van der Waals surface area contributed by atoms with E-state index in [1.165, 1.54) is 0 Å². The summed E-state index contributed by atoms with van der Waals surface area (Å²) in [5.74, 6) is 0.400. The van der Waals surface area contributed by atoms with Gasteiger partial charge in [0.25, 0.3) is 0 Å². The van der Waals surface area contributed by atoms with Crippen molar-refractivity contribution < 1.29 is 13.9 Å². The number of hydrogen-bond donors (Lipinski definition) is 1. The van der Waals surface area contributed by atoms with E-state index in [9.17, 15) is 4.79 Å². The highest BCUT2D eigenvalue weighted by Gasteiger charge is 2.17. The van der Waals surface area contributed by atoms with Crippen LogP contribution in [-0.4, -0.2) is 23.2 Å². The number of carbonyl (C=O) groups excluding carboxylic acids is 1. The molecule has 3 aromatic rings. The fourth-order valence-electron chi connectivity index (χ4n) is 2.08. The van der Waals surface area contributed by atoms with E-state index < -0.39 is 5.91 Å². The SMILES string of the molecule is COc1cccc(-c2nnc(C(=O)Nc3ccccc3C)o2)c1. The van der Waals surface area contributed by atoms with Crippen molar-refractivity contribution in [3.63, 3.8) is 0 Å². The van der Waals surface area contributed by atoms with Crippen molar-refractivity contribution in [3.05, 3.63) is 60.0 Å². The number of aryl methyl sites for hydroxylation is 1. The second-order valence-corrected chi connectivity index (χ2v) is 4.91. The van der Waals surface area contributed by atoms with Crippen LogP contribution in [0, 0.1) is 6.92 Å². The Morgan fingerprint density at radius 3 is 2.74 bits per heavy atom. The van der Waals surface area contributed by atoms with Crippen LogP contribution in [-0.2, 0) is 0 Å². The molecule has 6 nitrogen and oxygen atoms in total. The number of carbonyl (C=O) groups is 1. The van der Waals surface area contributed by atoms with Gasteiger partial charge in [-0.1, -0.05) is 24.3 Å². The first-order valence-corrected chi connectivity index (χ1v) is 7.02. The Kier molecular flexibility index (Phi) is 4.05. The molecule has 1 N–H and O–H groups in total. The van der Waals surface area contributed by atoms with Crippen molar-refractivity contribution in [3.8, 4) is 17.2 Å². The number of amides is 1. The maximum Gasteiger partial charge on any atom is 0.313 e. The molecule has 0 unspecified atom stereocenters. The van der Waals surface area contributed by atoms with Crippen molar-refractivity contribution in [2.75, 3.05) is 12.4 Å². The molecule has 6 heteroatoms. The molecule has 1 heterocycles. The highest BCUT2D eigenvalue weighted by Crippen LogP contribution is 2.23. The van der Waals surface area contributed by atoms with Crippen LogP contribution in [0.2, 0.25) is 0 Å². The molecular formula is C17H15N3O3. The number of anilines is 1. The van der Waals surface area contributed by atoms with Gasteiger partial charge in [-0.25, -0.2) is 0 Å². The summed E-state index contributed by atoms with van der Waals surface area (Å²) in [6.07, 6.45) is 0. The minimum Gasteiger partial charge on any atom is -0.497 e. The largest absolute Gasteiger partial charge is 0.497 e. The van der Waals surface area contributed by atoms with Gasteiger partial charge in [0, 0.05) is 11.3 Å². The Bertz CT molecular complexity index is 842. The van der Waals surface area contributed by atoms with Crippen LogP contribution in [0.1, 0.15) is 16.2 Å². The average molecular weight is 309 g/mol. The van der Waals surface area contributed by atoms with Crippen LogP contribution in [0.25, 0.3) is 11.5 Å². The molecular weight excluding hydrogens is 294 g/mol. The standard InChI is InChI=1S/C17H15N3O3/c1-11-6-3-4-9-14(11)18-15(21)17-20-19-16(23-17)12-7-5-8-13(10-12)22-2/h3-10H,1-2H3,(H,18,21). The number of benzene rings is 2.